The van der Waals surface area contributed by atoms with E-state index >= 15 is 0 Å². The molecule has 4 N–H and O–H groups in total. The third-order valence-electron chi connectivity index (χ3n) is 3.62. The second-order valence-electron chi connectivity index (χ2n) is 5.16. The van der Waals surface area contributed by atoms with Crippen LogP contribution >= 0.6 is 22.9 Å². The molecule has 0 bridgehead atoms. The van der Waals surface area contributed by atoms with Gasteiger partial charge in [0.15, 0.2) is 0 Å². The van der Waals surface area contributed by atoms with Gasteiger partial charge in [0.1, 0.15) is 5.78 Å². The van der Waals surface area contributed by atoms with Crippen LogP contribution in [0.2, 0.25) is 4.34 Å². The summed E-state index contributed by atoms with van der Waals surface area (Å²) in [6, 6.07) is 3.36. The molecule has 1 aromatic rings. The van der Waals surface area contributed by atoms with Gasteiger partial charge in [-0.15, -0.1) is 11.3 Å². The lowest BCUT2D eigenvalue weighted by atomic mass is 9.94. The molecule has 5 nitrogen and oxygen atoms in total. The fourth-order valence-electron chi connectivity index (χ4n) is 2.45. The number of ketones is 1. The second-order valence-corrected chi connectivity index (χ2v) is 6.87. The number of hydrogen-bond acceptors (Lipinski definition) is 5. The van der Waals surface area contributed by atoms with Gasteiger partial charge >= 0.3 is 0 Å². The van der Waals surface area contributed by atoms with E-state index in [9.17, 15) is 9.59 Å². The number of carbonyl (C=O) groups excluding carboxylic acids is 2. The van der Waals surface area contributed by atoms with Gasteiger partial charge in [0.25, 0.3) is 5.91 Å². The van der Waals surface area contributed by atoms with E-state index in [0.717, 1.165) is 25.8 Å². The average Bonchev–Trinajstić information content (AvgIpc) is 2.77. The third-order valence-corrected chi connectivity index (χ3v) is 4.85. The van der Waals surface area contributed by atoms with Crippen molar-refractivity contribution in [2.75, 3.05) is 13.1 Å². The Morgan fingerprint density at radius 1 is 1.43 bits per heavy atom. The van der Waals surface area contributed by atoms with Crippen molar-refractivity contribution in [2.24, 2.45) is 11.7 Å². The van der Waals surface area contributed by atoms with E-state index in [1.54, 1.807) is 12.1 Å². The highest BCUT2D eigenvalue weighted by Gasteiger charge is 2.26. The van der Waals surface area contributed by atoms with Crippen molar-refractivity contribution in [3.63, 3.8) is 0 Å². The lowest BCUT2D eigenvalue weighted by Gasteiger charge is -2.20. The lowest BCUT2D eigenvalue weighted by Crippen LogP contribution is -2.46. The zero-order valence-electron chi connectivity index (χ0n) is 11.7. The standard InChI is InChI=1S/C14H20ClN3O2S/c15-12-5-4-11(21-12)14(20)18-8-6-10(19)9-3-1-2-7-17-13(9)16/h4-5,9,13,17H,1-3,6-8,16H2,(H,18,20)/t9-,13?/m1/s1. The highest BCUT2D eigenvalue weighted by molar-refractivity contribution is 7.17. The zero-order valence-corrected chi connectivity index (χ0v) is 13.3. The molecular weight excluding hydrogens is 310 g/mol. The summed E-state index contributed by atoms with van der Waals surface area (Å²) in [7, 11) is 0. The van der Waals surface area contributed by atoms with Crippen molar-refractivity contribution < 1.29 is 9.59 Å². The van der Waals surface area contributed by atoms with Gasteiger partial charge in [-0.25, -0.2) is 0 Å². The maximum Gasteiger partial charge on any atom is 0.261 e. The van der Waals surface area contributed by atoms with E-state index in [4.69, 9.17) is 17.3 Å². The number of halogens is 1. The Morgan fingerprint density at radius 3 is 2.95 bits per heavy atom. The van der Waals surface area contributed by atoms with Gasteiger partial charge in [-0.2, -0.15) is 0 Å². The van der Waals surface area contributed by atoms with Gasteiger partial charge in [-0.3, -0.25) is 9.59 Å². The topological polar surface area (TPSA) is 84.2 Å². The summed E-state index contributed by atoms with van der Waals surface area (Å²) in [5, 5.41) is 5.90. The monoisotopic (exact) mass is 329 g/mol. The van der Waals surface area contributed by atoms with Crippen LogP contribution in [0.3, 0.4) is 0 Å². The molecule has 1 unspecified atom stereocenters. The van der Waals surface area contributed by atoms with Crippen LogP contribution in [-0.4, -0.2) is 30.9 Å². The SMILES string of the molecule is NC1NCCCC[C@@H]1C(=O)CCNC(=O)c1ccc(Cl)s1. The smallest absolute Gasteiger partial charge is 0.261 e. The maximum atomic E-state index is 12.2. The van der Waals surface area contributed by atoms with Crippen LogP contribution in [0, 0.1) is 5.92 Å². The van der Waals surface area contributed by atoms with Crippen molar-refractivity contribution in [3.05, 3.63) is 21.3 Å². The molecule has 116 valence electrons. The number of carbonyl (C=O) groups is 2. The first-order valence-corrected chi connectivity index (χ1v) is 8.32. The molecule has 7 heteroatoms. The molecule has 1 aliphatic rings. The first-order chi connectivity index (χ1) is 10.1. The predicted octanol–water partition coefficient (Wildman–Crippen LogP) is 1.76. The molecule has 21 heavy (non-hydrogen) atoms. The molecule has 0 saturated carbocycles. The van der Waals surface area contributed by atoms with E-state index in [1.807, 2.05) is 0 Å². The average molecular weight is 330 g/mol. The van der Waals surface area contributed by atoms with Gasteiger partial charge in [0.05, 0.1) is 15.4 Å². The highest BCUT2D eigenvalue weighted by atomic mass is 35.5. The molecule has 0 radical (unpaired) electrons. The summed E-state index contributed by atoms with van der Waals surface area (Å²) in [6.07, 6.45) is 2.92. The third kappa shape index (κ3) is 4.78. The Labute approximate surface area is 133 Å². The lowest BCUT2D eigenvalue weighted by molar-refractivity contribution is -0.123. The van der Waals surface area contributed by atoms with Crippen molar-refractivity contribution in [1.82, 2.24) is 10.6 Å². The number of nitrogens with two attached hydrogens (primary N) is 1. The number of rotatable bonds is 5. The summed E-state index contributed by atoms with van der Waals surface area (Å²) < 4.78 is 0.576. The number of nitrogens with one attached hydrogen (secondary N) is 2. The maximum absolute atomic E-state index is 12.2. The molecular formula is C14H20ClN3O2S. The summed E-state index contributed by atoms with van der Waals surface area (Å²) >= 11 is 7.01. The number of amides is 1. The Hall–Kier alpha value is -0.950. The minimum Gasteiger partial charge on any atom is -0.351 e. The molecule has 2 rings (SSSR count). The van der Waals surface area contributed by atoms with Crippen molar-refractivity contribution in [1.29, 1.82) is 0 Å². The molecule has 0 spiro atoms. The Balaban J connectivity index is 1.77. The Kier molecular flexibility index (Phi) is 6.17. The predicted molar refractivity (Wildman–Crippen MR) is 84.6 cm³/mol. The van der Waals surface area contributed by atoms with E-state index in [2.05, 4.69) is 10.6 Å². The number of hydrogen-bond donors (Lipinski definition) is 3. The van der Waals surface area contributed by atoms with Crippen LogP contribution in [0.15, 0.2) is 12.1 Å². The van der Waals surface area contributed by atoms with E-state index < -0.39 is 0 Å². The molecule has 1 saturated heterocycles. The number of Topliss-reactive ketones (excluding diaryl/α,β-unsaturated/α-hetero) is 1. The molecule has 1 amide bonds. The molecule has 1 fully saturated rings. The van der Waals surface area contributed by atoms with Gasteiger partial charge in [0, 0.05) is 18.9 Å². The van der Waals surface area contributed by atoms with Crippen molar-refractivity contribution in [2.45, 2.75) is 31.8 Å². The van der Waals surface area contributed by atoms with Gasteiger partial charge < -0.3 is 16.4 Å². The summed E-state index contributed by atoms with van der Waals surface area (Å²) in [4.78, 5) is 24.6. The minimum absolute atomic E-state index is 0.112. The molecule has 1 aromatic heterocycles. The highest BCUT2D eigenvalue weighted by Crippen LogP contribution is 2.21. The fraction of sp³-hybridized carbons (Fsp3) is 0.571. The van der Waals surface area contributed by atoms with E-state index in [-0.39, 0.29) is 23.8 Å². The van der Waals surface area contributed by atoms with Crippen molar-refractivity contribution in [3.8, 4) is 0 Å². The summed E-state index contributed by atoms with van der Waals surface area (Å²) in [5.74, 6) is -0.231. The first-order valence-electron chi connectivity index (χ1n) is 7.13. The van der Waals surface area contributed by atoms with Crippen LogP contribution in [0.1, 0.15) is 35.4 Å². The fourth-order valence-corrected chi connectivity index (χ4v) is 3.41. The Morgan fingerprint density at radius 2 is 2.24 bits per heavy atom. The second kappa shape index (κ2) is 7.89. The van der Waals surface area contributed by atoms with Crippen LogP contribution < -0.4 is 16.4 Å². The molecule has 1 aliphatic heterocycles. The largest absolute Gasteiger partial charge is 0.351 e. The minimum atomic E-state index is -0.271. The summed E-state index contributed by atoms with van der Waals surface area (Å²) in [6.45, 7) is 1.19. The summed E-state index contributed by atoms with van der Waals surface area (Å²) in [5.41, 5.74) is 5.97. The van der Waals surface area contributed by atoms with Gasteiger partial charge in [-0.05, 0) is 31.5 Å². The van der Waals surface area contributed by atoms with Gasteiger partial charge in [0.2, 0.25) is 0 Å². The zero-order chi connectivity index (χ0) is 15.2. The van der Waals surface area contributed by atoms with Crippen LogP contribution in [0.5, 0.6) is 0 Å². The van der Waals surface area contributed by atoms with Gasteiger partial charge in [-0.1, -0.05) is 18.0 Å². The molecule has 2 heterocycles. The van der Waals surface area contributed by atoms with Crippen LogP contribution in [0.25, 0.3) is 0 Å². The number of thiophene rings is 1. The molecule has 2 atom stereocenters. The molecule has 0 aliphatic carbocycles. The Bertz CT molecular complexity index is 506. The normalized spacial score (nSPS) is 22.6. The van der Waals surface area contributed by atoms with Crippen molar-refractivity contribution >= 4 is 34.6 Å². The van der Waals surface area contributed by atoms with E-state index in [0.29, 0.717) is 22.2 Å². The quantitative estimate of drug-likeness (QED) is 0.768. The van der Waals surface area contributed by atoms with Crippen LogP contribution in [-0.2, 0) is 4.79 Å². The molecule has 0 aromatic carbocycles. The van der Waals surface area contributed by atoms with Crippen LogP contribution in [0.4, 0.5) is 0 Å². The first kappa shape index (κ1) is 16.4. The van der Waals surface area contributed by atoms with E-state index in [1.165, 1.54) is 11.3 Å².